The van der Waals surface area contributed by atoms with Gasteiger partial charge in [0.15, 0.2) is 6.29 Å². The second kappa shape index (κ2) is 8.18. The van der Waals surface area contributed by atoms with E-state index < -0.39 is 6.29 Å². The summed E-state index contributed by atoms with van der Waals surface area (Å²) < 4.78 is 11.6. The van der Waals surface area contributed by atoms with Gasteiger partial charge in [-0.3, -0.25) is 0 Å². The maximum Gasteiger partial charge on any atom is 0.199 e. The molecule has 1 heterocycles. The fraction of sp³-hybridized carbons (Fsp3) is 0.333. The van der Waals surface area contributed by atoms with Gasteiger partial charge < -0.3 is 20.5 Å². The molecule has 2 aromatic rings. The molecule has 2 atom stereocenters. The standard InChI is InChI=1S/C18H22N4O2/c1-4-17(24-13(3)23-14-8-6-5-7-9-14)22-18-15(11-19)12(2)10-16(20)21-18/h5-10,13,17H,4H2,1-3H3,(H3,20,21,22). The van der Waals surface area contributed by atoms with Crippen LogP contribution in [0.1, 0.15) is 31.4 Å². The lowest BCUT2D eigenvalue weighted by Gasteiger charge is -2.24. The van der Waals surface area contributed by atoms with Crippen LogP contribution in [-0.2, 0) is 4.74 Å². The van der Waals surface area contributed by atoms with Gasteiger partial charge in [-0.15, -0.1) is 0 Å². The van der Waals surface area contributed by atoms with Gasteiger partial charge in [-0.05, 0) is 44.0 Å². The Bertz CT molecular complexity index is 713. The first kappa shape index (κ1) is 17.6. The third-order valence-corrected chi connectivity index (χ3v) is 3.42. The Labute approximate surface area is 142 Å². The van der Waals surface area contributed by atoms with E-state index in [-0.39, 0.29) is 6.23 Å². The van der Waals surface area contributed by atoms with E-state index in [2.05, 4.69) is 16.4 Å². The summed E-state index contributed by atoms with van der Waals surface area (Å²) in [7, 11) is 0. The molecule has 0 aliphatic carbocycles. The second-order valence-corrected chi connectivity index (χ2v) is 5.38. The van der Waals surface area contributed by atoms with Crippen LogP contribution in [0.2, 0.25) is 0 Å². The number of nitriles is 1. The molecule has 0 saturated heterocycles. The van der Waals surface area contributed by atoms with E-state index in [4.69, 9.17) is 15.2 Å². The lowest BCUT2D eigenvalue weighted by Crippen LogP contribution is -2.30. The molecule has 0 fully saturated rings. The Hall–Kier alpha value is -2.78. The smallest absolute Gasteiger partial charge is 0.199 e. The van der Waals surface area contributed by atoms with E-state index in [1.54, 1.807) is 6.07 Å². The third-order valence-electron chi connectivity index (χ3n) is 3.42. The number of nitrogen functional groups attached to an aromatic ring is 1. The van der Waals surface area contributed by atoms with Gasteiger partial charge in [0, 0.05) is 0 Å². The zero-order valence-corrected chi connectivity index (χ0v) is 14.1. The molecule has 0 aliphatic rings. The number of hydrogen-bond acceptors (Lipinski definition) is 6. The van der Waals surface area contributed by atoms with Crippen molar-refractivity contribution in [2.75, 3.05) is 11.1 Å². The number of para-hydroxylation sites is 1. The molecule has 0 bridgehead atoms. The van der Waals surface area contributed by atoms with Crippen LogP contribution in [0.15, 0.2) is 36.4 Å². The molecular formula is C18H22N4O2. The molecule has 1 aromatic heterocycles. The molecule has 0 amide bonds. The average Bonchev–Trinajstić information content (AvgIpc) is 2.54. The van der Waals surface area contributed by atoms with Crippen LogP contribution in [0.4, 0.5) is 11.6 Å². The monoisotopic (exact) mass is 326 g/mol. The highest BCUT2D eigenvalue weighted by Crippen LogP contribution is 2.21. The van der Waals surface area contributed by atoms with Gasteiger partial charge in [0.05, 0.1) is 5.56 Å². The zero-order chi connectivity index (χ0) is 17.5. The molecule has 2 rings (SSSR count). The summed E-state index contributed by atoms with van der Waals surface area (Å²) in [5, 5.41) is 12.4. The highest BCUT2D eigenvalue weighted by molar-refractivity contribution is 5.59. The van der Waals surface area contributed by atoms with Crippen molar-refractivity contribution in [2.45, 2.75) is 39.7 Å². The average molecular weight is 326 g/mol. The summed E-state index contributed by atoms with van der Waals surface area (Å²) >= 11 is 0. The summed E-state index contributed by atoms with van der Waals surface area (Å²) in [6.45, 7) is 5.61. The lowest BCUT2D eigenvalue weighted by molar-refractivity contribution is -0.0987. The van der Waals surface area contributed by atoms with Gasteiger partial charge in [-0.25, -0.2) is 4.98 Å². The predicted octanol–water partition coefficient (Wildman–Crippen LogP) is 3.43. The first-order valence-corrected chi connectivity index (χ1v) is 7.84. The summed E-state index contributed by atoms with van der Waals surface area (Å²) in [6, 6.07) is 13.3. The molecule has 0 radical (unpaired) electrons. The number of nitrogens with two attached hydrogens (primary N) is 1. The number of nitrogens with one attached hydrogen (secondary N) is 1. The van der Waals surface area contributed by atoms with Crippen molar-refractivity contribution in [3.8, 4) is 11.8 Å². The normalized spacial score (nSPS) is 12.9. The van der Waals surface area contributed by atoms with E-state index in [0.29, 0.717) is 23.6 Å². The van der Waals surface area contributed by atoms with Crippen LogP contribution in [0.3, 0.4) is 0 Å². The first-order valence-electron chi connectivity index (χ1n) is 7.84. The third kappa shape index (κ3) is 4.61. The number of rotatable bonds is 7. The summed E-state index contributed by atoms with van der Waals surface area (Å²) in [5.41, 5.74) is 7.01. The number of benzene rings is 1. The van der Waals surface area contributed by atoms with Crippen LogP contribution in [0.5, 0.6) is 5.75 Å². The van der Waals surface area contributed by atoms with E-state index >= 15 is 0 Å². The molecule has 6 heteroatoms. The number of aromatic nitrogens is 1. The predicted molar refractivity (Wildman–Crippen MR) is 93.4 cm³/mol. The van der Waals surface area contributed by atoms with Crippen molar-refractivity contribution in [3.63, 3.8) is 0 Å². The maximum absolute atomic E-state index is 9.32. The van der Waals surface area contributed by atoms with Crippen molar-refractivity contribution in [3.05, 3.63) is 47.5 Å². The Morgan fingerprint density at radius 2 is 2.04 bits per heavy atom. The zero-order valence-electron chi connectivity index (χ0n) is 14.1. The van der Waals surface area contributed by atoms with E-state index in [1.807, 2.05) is 51.1 Å². The number of aryl methyl sites for hydroxylation is 1. The molecule has 6 nitrogen and oxygen atoms in total. The minimum absolute atomic E-state index is 0.357. The maximum atomic E-state index is 9.32. The number of hydrogen-bond donors (Lipinski definition) is 2. The largest absolute Gasteiger partial charge is 0.465 e. The Kier molecular flexibility index (Phi) is 5.99. The van der Waals surface area contributed by atoms with E-state index in [1.165, 1.54) is 0 Å². The molecule has 3 N–H and O–H groups in total. The van der Waals surface area contributed by atoms with Gasteiger partial charge in [0.25, 0.3) is 0 Å². The van der Waals surface area contributed by atoms with Crippen molar-refractivity contribution in [1.29, 1.82) is 5.26 Å². The van der Waals surface area contributed by atoms with Gasteiger partial charge in [-0.1, -0.05) is 25.1 Å². The second-order valence-electron chi connectivity index (χ2n) is 5.38. The van der Waals surface area contributed by atoms with E-state index in [0.717, 1.165) is 11.3 Å². The van der Waals surface area contributed by atoms with E-state index in [9.17, 15) is 5.26 Å². The van der Waals surface area contributed by atoms with Crippen molar-refractivity contribution in [1.82, 2.24) is 4.98 Å². The quantitative estimate of drug-likeness (QED) is 0.757. The molecule has 0 aliphatic heterocycles. The summed E-state index contributed by atoms with van der Waals surface area (Å²) in [4.78, 5) is 4.21. The SMILES string of the molecule is CCC(Nc1nc(N)cc(C)c1C#N)OC(C)Oc1ccccc1. The molecule has 0 spiro atoms. The molecular weight excluding hydrogens is 304 g/mol. The highest BCUT2D eigenvalue weighted by atomic mass is 16.7. The van der Waals surface area contributed by atoms with Gasteiger partial charge in [0.1, 0.15) is 29.7 Å². The summed E-state index contributed by atoms with van der Waals surface area (Å²) in [6.07, 6.45) is -0.148. The van der Waals surface area contributed by atoms with Gasteiger partial charge in [0.2, 0.25) is 0 Å². The minimum Gasteiger partial charge on any atom is -0.465 e. The lowest BCUT2D eigenvalue weighted by atomic mass is 10.1. The van der Waals surface area contributed by atoms with Gasteiger partial charge in [-0.2, -0.15) is 5.26 Å². The number of anilines is 2. The first-order chi connectivity index (χ1) is 11.5. The van der Waals surface area contributed by atoms with Crippen LogP contribution >= 0.6 is 0 Å². The fourth-order valence-electron chi connectivity index (χ4n) is 2.28. The van der Waals surface area contributed by atoms with Crippen LogP contribution in [-0.4, -0.2) is 17.5 Å². The topological polar surface area (TPSA) is 93.2 Å². The fourth-order valence-corrected chi connectivity index (χ4v) is 2.28. The molecule has 1 aromatic carbocycles. The molecule has 126 valence electrons. The molecule has 2 unspecified atom stereocenters. The minimum atomic E-state index is -0.461. The van der Waals surface area contributed by atoms with Crippen molar-refractivity contribution < 1.29 is 9.47 Å². The number of ether oxygens (including phenoxy) is 2. The summed E-state index contributed by atoms with van der Waals surface area (Å²) in [5.74, 6) is 1.52. The molecule has 0 saturated carbocycles. The van der Waals surface area contributed by atoms with Crippen molar-refractivity contribution in [2.24, 2.45) is 0 Å². The van der Waals surface area contributed by atoms with Crippen LogP contribution < -0.4 is 15.8 Å². The van der Waals surface area contributed by atoms with Crippen molar-refractivity contribution >= 4 is 11.6 Å². The number of nitrogens with zero attached hydrogens (tertiary/aromatic N) is 2. The highest BCUT2D eigenvalue weighted by Gasteiger charge is 2.16. The number of pyridine rings is 1. The molecule has 24 heavy (non-hydrogen) atoms. The Balaban J connectivity index is 2.06. The van der Waals surface area contributed by atoms with Crippen LogP contribution in [0, 0.1) is 18.3 Å². The Morgan fingerprint density at radius 3 is 2.67 bits per heavy atom. The van der Waals surface area contributed by atoms with Crippen LogP contribution in [0.25, 0.3) is 0 Å². The Morgan fingerprint density at radius 1 is 1.33 bits per heavy atom. The van der Waals surface area contributed by atoms with Gasteiger partial charge >= 0.3 is 0 Å².